The van der Waals surface area contributed by atoms with Crippen LogP contribution in [0.3, 0.4) is 0 Å². The van der Waals surface area contributed by atoms with Crippen molar-refractivity contribution in [1.82, 2.24) is 4.90 Å². The van der Waals surface area contributed by atoms with E-state index in [1.54, 1.807) is 16.2 Å². The van der Waals surface area contributed by atoms with Gasteiger partial charge in [-0.1, -0.05) is 0 Å². The van der Waals surface area contributed by atoms with Gasteiger partial charge in [0.1, 0.15) is 0 Å². The lowest BCUT2D eigenvalue weighted by atomic mass is 9.95. The number of hydrogen-bond acceptors (Lipinski definition) is 10. The number of thiophene rings is 1. The molecule has 10 nitrogen and oxygen atoms in total. The maximum Gasteiger partial charge on any atom is 0.288 e. The fourth-order valence-corrected chi connectivity index (χ4v) is 4.34. The van der Waals surface area contributed by atoms with E-state index in [9.17, 15) is 4.79 Å². The summed E-state index contributed by atoms with van der Waals surface area (Å²) in [6.45, 7) is 5.33. The molecule has 35 heavy (non-hydrogen) atoms. The Labute approximate surface area is 210 Å². The van der Waals surface area contributed by atoms with Crippen LogP contribution in [0.25, 0.3) is 0 Å². The Morgan fingerprint density at radius 3 is 2.23 bits per heavy atom. The number of aliphatic hydroxyl groups is 1. The summed E-state index contributed by atoms with van der Waals surface area (Å²) in [6.07, 6.45) is 1.90. The van der Waals surface area contributed by atoms with Gasteiger partial charge >= 0.3 is 0 Å². The quantitative estimate of drug-likeness (QED) is 0.514. The standard InChI is InChI=1S/C24H37NO9S/c26-4-7-30-14-15-33-23-18-21(20-1-16-35-19-20)17-22(34-23)24(27)25-2-5-28-8-10-31-12-13-32-11-9-29-6-3-25/h1,16-17,19,21,23,26H,2-15,18H2. The van der Waals surface area contributed by atoms with Crippen LogP contribution in [-0.4, -0.2) is 115 Å². The van der Waals surface area contributed by atoms with Gasteiger partial charge in [0.25, 0.3) is 5.91 Å². The molecule has 2 aliphatic heterocycles. The molecule has 1 aromatic heterocycles. The normalized spacial score (nSPS) is 23.6. The Balaban J connectivity index is 1.63. The zero-order valence-corrected chi connectivity index (χ0v) is 21.0. The number of nitrogens with zero attached hydrogens (tertiary/aromatic N) is 1. The Bertz CT molecular complexity index is 715. The third kappa shape index (κ3) is 10.5. The summed E-state index contributed by atoms with van der Waals surface area (Å²) >= 11 is 1.61. The van der Waals surface area contributed by atoms with Gasteiger partial charge in [-0.2, -0.15) is 11.3 Å². The summed E-state index contributed by atoms with van der Waals surface area (Å²) < 4.78 is 39.3. The Morgan fingerprint density at radius 1 is 0.971 bits per heavy atom. The third-order valence-electron chi connectivity index (χ3n) is 5.42. The minimum absolute atomic E-state index is 0.00238. The summed E-state index contributed by atoms with van der Waals surface area (Å²) in [5, 5.41) is 12.9. The van der Waals surface area contributed by atoms with Gasteiger partial charge in [0.2, 0.25) is 6.29 Å². The molecule has 198 valence electrons. The Hall–Kier alpha value is -1.57. The lowest BCUT2D eigenvalue weighted by molar-refractivity contribution is -0.157. The lowest BCUT2D eigenvalue weighted by Gasteiger charge is -2.31. The SMILES string of the molecule is O=C(C1=CC(c2ccsc2)CC(OCCOCCO)O1)N1CCOCCOCCOCCOCC1. The molecule has 11 heteroatoms. The molecule has 0 spiro atoms. The highest BCUT2D eigenvalue weighted by Gasteiger charge is 2.31. The van der Waals surface area contributed by atoms with Crippen LogP contribution in [-0.2, 0) is 38.0 Å². The number of rotatable bonds is 8. The van der Waals surface area contributed by atoms with Crippen molar-refractivity contribution in [2.45, 2.75) is 18.6 Å². The molecular formula is C24H37NO9S. The summed E-state index contributed by atoms with van der Waals surface area (Å²) in [5.74, 6) is 0.0416. The molecule has 0 radical (unpaired) electrons. The van der Waals surface area contributed by atoms with Gasteiger partial charge in [-0.3, -0.25) is 4.79 Å². The number of amides is 1. The largest absolute Gasteiger partial charge is 0.459 e. The van der Waals surface area contributed by atoms with Crippen LogP contribution in [0.15, 0.2) is 28.7 Å². The number of allylic oxidation sites excluding steroid dienone is 1. The van der Waals surface area contributed by atoms with Crippen LogP contribution in [0.2, 0.25) is 0 Å². The van der Waals surface area contributed by atoms with Crippen molar-refractivity contribution < 1.29 is 43.1 Å². The van der Waals surface area contributed by atoms with Crippen LogP contribution in [0.4, 0.5) is 0 Å². The molecule has 1 fully saturated rings. The average molecular weight is 516 g/mol. The molecule has 0 aromatic carbocycles. The van der Waals surface area contributed by atoms with E-state index >= 15 is 0 Å². The molecule has 1 aromatic rings. The van der Waals surface area contributed by atoms with Gasteiger partial charge in [-0.25, -0.2) is 0 Å². The van der Waals surface area contributed by atoms with E-state index in [4.69, 9.17) is 38.3 Å². The van der Waals surface area contributed by atoms with Gasteiger partial charge in [0.05, 0.1) is 79.3 Å². The van der Waals surface area contributed by atoms with E-state index in [0.29, 0.717) is 85.6 Å². The van der Waals surface area contributed by atoms with Gasteiger partial charge in [-0.15, -0.1) is 0 Å². The van der Waals surface area contributed by atoms with Crippen LogP contribution in [0.1, 0.15) is 17.9 Å². The molecule has 1 saturated heterocycles. The monoisotopic (exact) mass is 515 g/mol. The van der Waals surface area contributed by atoms with Crippen molar-refractivity contribution in [2.75, 3.05) is 92.4 Å². The zero-order chi connectivity index (χ0) is 24.6. The zero-order valence-electron chi connectivity index (χ0n) is 20.1. The minimum Gasteiger partial charge on any atom is -0.459 e. The number of carbonyl (C=O) groups excluding carboxylic acids is 1. The van der Waals surface area contributed by atoms with Crippen molar-refractivity contribution in [2.24, 2.45) is 0 Å². The smallest absolute Gasteiger partial charge is 0.288 e. The van der Waals surface area contributed by atoms with Crippen LogP contribution < -0.4 is 0 Å². The highest BCUT2D eigenvalue weighted by Crippen LogP contribution is 2.33. The van der Waals surface area contributed by atoms with Gasteiger partial charge < -0.3 is 43.2 Å². The number of carbonyl (C=O) groups is 1. The maximum atomic E-state index is 13.5. The first-order valence-corrected chi connectivity index (χ1v) is 13.0. The van der Waals surface area contributed by atoms with E-state index in [2.05, 4.69) is 11.4 Å². The molecule has 1 amide bonds. The van der Waals surface area contributed by atoms with Crippen molar-refractivity contribution in [3.63, 3.8) is 0 Å². The molecule has 2 aliphatic rings. The van der Waals surface area contributed by atoms with Crippen molar-refractivity contribution in [3.8, 4) is 0 Å². The summed E-state index contributed by atoms with van der Waals surface area (Å²) in [7, 11) is 0. The second kappa shape index (κ2) is 17.0. The molecule has 3 heterocycles. The predicted molar refractivity (Wildman–Crippen MR) is 128 cm³/mol. The van der Waals surface area contributed by atoms with Crippen molar-refractivity contribution in [1.29, 1.82) is 0 Å². The fourth-order valence-electron chi connectivity index (χ4n) is 3.62. The van der Waals surface area contributed by atoms with Gasteiger partial charge in [-0.05, 0) is 28.5 Å². The first kappa shape index (κ1) is 28.0. The minimum atomic E-state index is -0.577. The van der Waals surface area contributed by atoms with E-state index < -0.39 is 6.29 Å². The fraction of sp³-hybridized carbons (Fsp3) is 0.708. The predicted octanol–water partition coefficient (Wildman–Crippen LogP) is 1.40. The van der Waals surface area contributed by atoms with Crippen LogP contribution in [0.5, 0.6) is 0 Å². The summed E-state index contributed by atoms with van der Waals surface area (Å²) in [6, 6.07) is 2.05. The second-order valence-electron chi connectivity index (χ2n) is 7.93. The third-order valence-corrected chi connectivity index (χ3v) is 6.12. The molecule has 2 unspecified atom stereocenters. The number of aliphatic hydroxyl groups excluding tert-OH is 1. The van der Waals surface area contributed by atoms with E-state index in [1.165, 1.54) is 0 Å². The highest BCUT2D eigenvalue weighted by molar-refractivity contribution is 7.08. The molecule has 2 atom stereocenters. The highest BCUT2D eigenvalue weighted by atomic mass is 32.1. The molecule has 0 bridgehead atoms. The van der Waals surface area contributed by atoms with Crippen molar-refractivity contribution >= 4 is 17.2 Å². The summed E-state index contributed by atoms with van der Waals surface area (Å²) in [4.78, 5) is 15.2. The molecule has 0 aliphatic carbocycles. The molecule has 1 N–H and O–H groups in total. The van der Waals surface area contributed by atoms with Crippen LogP contribution >= 0.6 is 11.3 Å². The Kier molecular flexibility index (Phi) is 13.6. The Morgan fingerprint density at radius 2 is 1.63 bits per heavy atom. The first-order valence-electron chi connectivity index (χ1n) is 12.1. The van der Waals surface area contributed by atoms with Gasteiger partial charge in [0, 0.05) is 25.4 Å². The number of ether oxygens (including phenoxy) is 7. The molecule has 0 saturated carbocycles. The van der Waals surface area contributed by atoms with E-state index in [0.717, 1.165) is 5.56 Å². The van der Waals surface area contributed by atoms with Crippen LogP contribution in [0, 0.1) is 0 Å². The number of hydrogen-bond donors (Lipinski definition) is 1. The first-order chi connectivity index (χ1) is 17.3. The molecular weight excluding hydrogens is 478 g/mol. The summed E-state index contributed by atoms with van der Waals surface area (Å²) in [5.41, 5.74) is 1.12. The van der Waals surface area contributed by atoms with E-state index in [1.807, 2.05) is 11.5 Å². The topological polar surface area (TPSA) is 105 Å². The van der Waals surface area contributed by atoms with Crippen molar-refractivity contribution in [3.05, 3.63) is 34.2 Å². The van der Waals surface area contributed by atoms with Gasteiger partial charge in [0.15, 0.2) is 5.76 Å². The lowest BCUT2D eigenvalue weighted by Crippen LogP contribution is -2.40. The second-order valence-corrected chi connectivity index (χ2v) is 8.71. The van der Waals surface area contributed by atoms with E-state index in [-0.39, 0.29) is 30.8 Å². The maximum absolute atomic E-state index is 13.5. The average Bonchev–Trinajstić information content (AvgIpc) is 3.41. The molecule has 3 rings (SSSR count).